The van der Waals surface area contributed by atoms with E-state index in [2.05, 4.69) is 311 Å². The molecule has 0 unspecified atom stereocenters. The van der Waals surface area contributed by atoms with Crippen molar-refractivity contribution in [3.05, 3.63) is 297 Å². The lowest BCUT2D eigenvalue weighted by atomic mass is 9.92. The molecule has 0 aliphatic rings. The molecule has 0 radical (unpaired) electrons. The van der Waals surface area contributed by atoms with Gasteiger partial charge in [-0.15, -0.1) is 0 Å². The summed E-state index contributed by atoms with van der Waals surface area (Å²) < 4.78 is 4.83. The molecule has 2 heterocycles. The van der Waals surface area contributed by atoms with Crippen LogP contribution in [0.5, 0.6) is 0 Å². The van der Waals surface area contributed by atoms with Crippen molar-refractivity contribution in [2.24, 2.45) is 0 Å². The van der Waals surface area contributed by atoms with Crippen LogP contribution >= 0.6 is 0 Å². The molecule has 14 rings (SSSR count). The number of benzene rings is 12. The molecule has 0 aliphatic carbocycles. The Balaban J connectivity index is 0.941. The van der Waals surface area contributed by atoms with Crippen LogP contribution in [0.2, 0.25) is 0 Å². The molecule has 0 N–H and O–H groups in total. The summed E-state index contributed by atoms with van der Waals surface area (Å²) in [4.78, 5) is 2.35. The van der Waals surface area contributed by atoms with Crippen LogP contribution in [0.15, 0.2) is 297 Å². The fourth-order valence-corrected chi connectivity index (χ4v) is 11.3. The van der Waals surface area contributed by atoms with E-state index >= 15 is 0 Å². The average Bonchev–Trinajstić information content (AvgIpc) is 4.01. The van der Waals surface area contributed by atoms with Gasteiger partial charge in [-0.25, -0.2) is 0 Å². The SMILES string of the molecule is c1ccc(-c2cccc(N(c3ccccc3)c3ccc(-c4cc(-c5ccc6c(c5)c5ccccc5n6-c5ccccc5)cc(-c5ccc6c7ccc(-c8ccccc8)cc7n(-c7ccccc7)c6c5)c4)cc3)c2)cc1. The molecule has 0 aliphatic heterocycles. The Hall–Kier alpha value is -9.96. The lowest BCUT2D eigenvalue weighted by Gasteiger charge is -2.26. The number of hydrogen-bond acceptors (Lipinski definition) is 1. The third kappa shape index (κ3) is 7.95. The first kappa shape index (κ1) is 43.8. The van der Waals surface area contributed by atoms with Crippen molar-refractivity contribution in [1.29, 1.82) is 0 Å². The van der Waals surface area contributed by atoms with Crippen LogP contribution in [0.25, 0.3) is 111 Å². The summed E-state index contributed by atoms with van der Waals surface area (Å²) in [5.74, 6) is 0. The number of para-hydroxylation sites is 4. The molecule has 0 saturated heterocycles. The zero-order chi connectivity index (χ0) is 49.7. The van der Waals surface area contributed by atoms with Crippen molar-refractivity contribution >= 4 is 60.7 Å². The molecule has 12 aromatic carbocycles. The minimum atomic E-state index is 1.08. The van der Waals surface area contributed by atoms with Gasteiger partial charge in [-0.2, -0.15) is 0 Å². The first-order valence-corrected chi connectivity index (χ1v) is 25.7. The summed E-state index contributed by atoms with van der Waals surface area (Å²) in [6, 6.07) is 108. The monoisotopic (exact) mass is 955 g/mol. The van der Waals surface area contributed by atoms with Crippen molar-refractivity contribution in [2.45, 2.75) is 0 Å². The van der Waals surface area contributed by atoms with Gasteiger partial charge in [-0.05, 0) is 165 Å². The van der Waals surface area contributed by atoms with Gasteiger partial charge in [0.15, 0.2) is 0 Å². The van der Waals surface area contributed by atoms with Gasteiger partial charge in [-0.1, -0.05) is 188 Å². The molecule has 0 atom stereocenters. The summed E-state index contributed by atoms with van der Waals surface area (Å²) >= 11 is 0. The molecule has 0 fully saturated rings. The third-order valence-corrected chi connectivity index (χ3v) is 14.9. The van der Waals surface area contributed by atoms with E-state index in [4.69, 9.17) is 0 Å². The standard InChI is InChI=1S/C72H49N3/c1-6-19-50(20-7-1)53-23-18-30-64(46-53)73(60-24-10-3-11-25-60)63-38-33-52(34-39-63)57-43-58(54-37-42-70-68(47-54)65-31-16-17-32-69(65)74(70)61-26-12-4-13-27-61)45-59(44-57)56-36-41-67-66-40-35-55(51-21-8-2-9-22-51)48-71(66)75(72(67)49-56)62-28-14-5-15-29-62/h1-49H. The van der Waals surface area contributed by atoms with Gasteiger partial charge in [0.05, 0.1) is 22.1 Å². The number of aromatic nitrogens is 2. The highest BCUT2D eigenvalue weighted by Gasteiger charge is 2.19. The number of hydrogen-bond donors (Lipinski definition) is 0. The largest absolute Gasteiger partial charge is 0.310 e. The molecule has 2 aromatic heterocycles. The predicted octanol–water partition coefficient (Wildman–Crippen LogP) is 19.7. The van der Waals surface area contributed by atoms with Crippen molar-refractivity contribution in [1.82, 2.24) is 9.13 Å². The average molecular weight is 956 g/mol. The second-order valence-electron chi connectivity index (χ2n) is 19.4. The molecule has 14 aromatic rings. The zero-order valence-corrected chi connectivity index (χ0v) is 41.1. The van der Waals surface area contributed by atoms with E-state index < -0.39 is 0 Å². The quantitative estimate of drug-likeness (QED) is 0.133. The van der Waals surface area contributed by atoms with Crippen molar-refractivity contribution in [2.75, 3.05) is 4.90 Å². The summed E-state index contributed by atoms with van der Waals surface area (Å²) in [6.45, 7) is 0. The van der Waals surface area contributed by atoms with Crippen molar-refractivity contribution in [3.63, 3.8) is 0 Å². The van der Waals surface area contributed by atoms with E-state index in [9.17, 15) is 0 Å². The molecule has 3 nitrogen and oxygen atoms in total. The van der Waals surface area contributed by atoms with Crippen molar-refractivity contribution in [3.8, 4) is 67.0 Å². The number of nitrogens with zero attached hydrogens (tertiary/aromatic N) is 3. The second-order valence-corrected chi connectivity index (χ2v) is 19.4. The topological polar surface area (TPSA) is 13.1 Å². The van der Waals surface area contributed by atoms with Gasteiger partial charge in [-0.3, -0.25) is 0 Å². The molecule has 352 valence electrons. The lowest BCUT2D eigenvalue weighted by Crippen LogP contribution is -2.09. The Morgan fingerprint density at radius 1 is 0.187 bits per heavy atom. The van der Waals surface area contributed by atoms with E-state index in [1.54, 1.807) is 0 Å². The lowest BCUT2D eigenvalue weighted by molar-refractivity contribution is 1.18. The Labute approximate surface area is 436 Å². The maximum absolute atomic E-state index is 2.44. The Bertz CT molecular complexity index is 4370. The van der Waals surface area contributed by atoms with Crippen LogP contribution in [0, 0.1) is 0 Å². The predicted molar refractivity (Wildman–Crippen MR) is 317 cm³/mol. The smallest absolute Gasteiger partial charge is 0.0547 e. The van der Waals surface area contributed by atoms with Gasteiger partial charge in [0.25, 0.3) is 0 Å². The number of fused-ring (bicyclic) bond motifs is 6. The van der Waals surface area contributed by atoms with Gasteiger partial charge in [0, 0.05) is 50.0 Å². The molecular weight excluding hydrogens is 907 g/mol. The first-order valence-electron chi connectivity index (χ1n) is 25.7. The van der Waals surface area contributed by atoms with E-state index in [0.717, 1.165) is 56.3 Å². The van der Waals surface area contributed by atoms with Crippen LogP contribution in [-0.2, 0) is 0 Å². The second kappa shape index (κ2) is 18.6. The molecule has 3 heteroatoms. The first-order chi connectivity index (χ1) is 37.2. The fourth-order valence-electron chi connectivity index (χ4n) is 11.3. The highest BCUT2D eigenvalue weighted by molar-refractivity contribution is 6.12. The van der Waals surface area contributed by atoms with Crippen LogP contribution in [-0.4, -0.2) is 9.13 Å². The summed E-state index contributed by atoms with van der Waals surface area (Å²) in [5, 5.41) is 4.91. The maximum atomic E-state index is 2.44. The molecular formula is C72H49N3. The van der Waals surface area contributed by atoms with Gasteiger partial charge < -0.3 is 14.0 Å². The van der Waals surface area contributed by atoms with Crippen molar-refractivity contribution < 1.29 is 0 Å². The fraction of sp³-hybridized carbons (Fsp3) is 0. The Morgan fingerprint density at radius 3 is 1.16 bits per heavy atom. The van der Waals surface area contributed by atoms with E-state index in [0.29, 0.717) is 0 Å². The minimum absolute atomic E-state index is 1.08. The summed E-state index contributed by atoms with van der Waals surface area (Å²) in [6.07, 6.45) is 0. The van der Waals surface area contributed by atoms with E-state index in [1.165, 1.54) is 71.4 Å². The minimum Gasteiger partial charge on any atom is -0.310 e. The summed E-state index contributed by atoms with van der Waals surface area (Å²) in [5.41, 5.74) is 22.0. The summed E-state index contributed by atoms with van der Waals surface area (Å²) in [7, 11) is 0. The molecule has 0 spiro atoms. The molecule has 75 heavy (non-hydrogen) atoms. The molecule has 0 saturated carbocycles. The highest BCUT2D eigenvalue weighted by atomic mass is 15.1. The zero-order valence-electron chi connectivity index (χ0n) is 41.1. The van der Waals surface area contributed by atoms with E-state index in [1.807, 2.05) is 0 Å². The highest BCUT2D eigenvalue weighted by Crippen LogP contribution is 2.42. The van der Waals surface area contributed by atoms with E-state index in [-0.39, 0.29) is 0 Å². The Kier molecular flexibility index (Phi) is 10.8. The van der Waals surface area contributed by atoms with Crippen LogP contribution in [0.1, 0.15) is 0 Å². The van der Waals surface area contributed by atoms with Gasteiger partial charge in [0.2, 0.25) is 0 Å². The van der Waals surface area contributed by atoms with Crippen LogP contribution in [0.4, 0.5) is 17.1 Å². The third-order valence-electron chi connectivity index (χ3n) is 14.9. The van der Waals surface area contributed by atoms with Crippen LogP contribution < -0.4 is 4.90 Å². The van der Waals surface area contributed by atoms with Gasteiger partial charge >= 0.3 is 0 Å². The maximum Gasteiger partial charge on any atom is 0.0547 e. The number of rotatable bonds is 10. The van der Waals surface area contributed by atoms with Gasteiger partial charge in [0.1, 0.15) is 0 Å². The van der Waals surface area contributed by atoms with Crippen LogP contribution in [0.3, 0.4) is 0 Å². The number of anilines is 3. The molecule has 0 amide bonds. The normalized spacial score (nSPS) is 11.5. The molecule has 0 bridgehead atoms. The Morgan fingerprint density at radius 2 is 0.560 bits per heavy atom.